The summed E-state index contributed by atoms with van der Waals surface area (Å²) in [5.74, 6) is -4.06. The molecule has 1 atom stereocenters. The average Bonchev–Trinajstić information content (AvgIpc) is 2.23. The predicted molar refractivity (Wildman–Crippen MR) is 55.7 cm³/mol. The second-order valence-corrected chi connectivity index (χ2v) is 3.61. The Bertz CT molecular complexity index is 433. The van der Waals surface area contributed by atoms with Crippen molar-refractivity contribution in [2.45, 2.75) is 12.8 Å². The van der Waals surface area contributed by atoms with E-state index in [1.807, 2.05) is 0 Å². The zero-order valence-corrected chi connectivity index (χ0v) is 9.38. The molecule has 0 radical (unpaired) electrons. The fraction of sp³-hybridized carbons (Fsp3) is 0.300. The first kappa shape index (κ1) is 12.6. The third-order valence-electron chi connectivity index (χ3n) is 2.22. The number of phenolic OH excluding ortho intramolecular Hbond substituents is 1. The molecule has 16 heavy (non-hydrogen) atoms. The van der Waals surface area contributed by atoms with E-state index in [0.29, 0.717) is 0 Å². The van der Waals surface area contributed by atoms with E-state index < -0.39 is 29.2 Å². The minimum absolute atomic E-state index is 0.00995. The van der Waals surface area contributed by atoms with E-state index in [2.05, 4.69) is 4.74 Å². The van der Waals surface area contributed by atoms with Gasteiger partial charge in [-0.25, -0.2) is 4.39 Å². The lowest BCUT2D eigenvalue weighted by atomic mass is 10.00. The molecule has 0 heterocycles. The van der Waals surface area contributed by atoms with Crippen LogP contribution in [0.25, 0.3) is 0 Å². The van der Waals surface area contributed by atoms with Crippen LogP contribution in [0.2, 0.25) is 5.02 Å². The van der Waals surface area contributed by atoms with Gasteiger partial charge in [-0.1, -0.05) is 11.6 Å². The highest BCUT2D eigenvalue weighted by molar-refractivity contribution is 6.31. The van der Waals surface area contributed by atoms with Crippen LogP contribution in [-0.2, 0) is 4.79 Å². The Hall–Kier alpha value is -1.49. The van der Waals surface area contributed by atoms with E-state index in [1.54, 1.807) is 0 Å². The number of aliphatic carboxylic acids is 1. The number of phenols is 1. The van der Waals surface area contributed by atoms with Gasteiger partial charge in [-0.05, 0) is 13.0 Å². The van der Waals surface area contributed by atoms with Crippen molar-refractivity contribution in [3.05, 3.63) is 22.5 Å². The van der Waals surface area contributed by atoms with Gasteiger partial charge in [-0.2, -0.15) is 0 Å². The van der Waals surface area contributed by atoms with E-state index in [1.165, 1.54) is 6.92 Å². The van der Waals surface area contributed by atoms with Crippen LogP contribution >= 0.6 is 11.6 Å². The van der Waals surface area contributed by atoms with Crippen LogP contribution in [0.4, 0.5) is 4.39 Å². The molecule has 0 fully saturated rings. The molecule has 1 aromatic rings. The summed E-state index contributed by atoms with van der Waals surface area (Å²) in [6.07, 6.45) is 0. The standard InChI is InChI=1S/C10H10ClFO4/c1-4(10(14)15)5-3-6(11)7(12)9(16-2)8(5)13/h3-4,13H,1-2H3,(H,14,15). The SMILES string of the molecule is COc1c(O)c(C(C)C(=O)O)cc(Cl)c1F. The average molecular weight is 249 g/mol. The molecule has 0 aromatic heterocycles. The zero-order chi connectivity index (χ0) is 12.5. The summed E-state index contributed by atoms with van der Waals surface area (Å²) in [6.45, 7) is 1.35. The minimum Gasteiger partial charge on any atom is -0.504 e. The van der Waals surface area contributed by atoms with E-state index in [9.17, 15) is 14.3 Å². The number of hydrogen-bond acceptors (Lipinski definition) is 3. The highest BCUT2D eigenvalue weighted by Gasteiger charge is 2.24. The number of carboxylic acid groups (broad SMARTS) is 1. The monoisotopic (exact) mass is 248 g/mol. The minimum atomic E-state index is -1.15. The second-order valence-electron chi connectivity index (χ2n) is 3.20. The molecule has 0 amide bonds. The van der Waals surface area contributed by atoms with Crippen molar-refractivity contribution >= 4 is 17.6 Å². The molecule has 0 bridgehead atoms. The van der Waals surface area contributed by atoms with Crippen LogP contribution in [0.1, 0.15) is 18.4 Å². The third kappa shape index (κ3) is 2.04. The summed E-state index contributed by atoms with van der Waals surface area (Å²) in [6, 6.07) is 1.08. The van der Waals surface area contributed by atoms with Crippen LogP contribution < -0.4 is 4.74 Å². The Balaban J connectivity index is 3.42. The van der Waals surface area contributed by atoms with Gasteiger partial charge in [0.1, 0.15) is 0 Å². The van der Waals surface area contributed by atoms with E-state index in [0.717, 1.165) is 13.2 Å². The number of rotatable bonds is 3. The van der Waals surface area contributed by atoms with Gasteiger partial charge in [-0.3, -0.25) is 4.79 Å². The van der Waals surface area contributed by atoms with E-state index in [-0.39, 0.29) is 10.6 Å². The van der Waals surface area contributed by atoms with Crippen LogP contribution in [0, 0.1) is 5.82 Å². The molecular formula is C10H10ClFO4. The summed E-state index contributed by atoms with van der Waals surface area (Å²) in [4.78, 5) is 10.8. The number of benzene rings is 1. The fourth-order valence-corrected chi connectivity index (χ4v) is 1.46. The first-order valence-electron chi connectivity index (χ1n) is 4.37. The lowest BCUT2D eigenvalue weighted by molar-refractivity contribution is -0.138. The summed E-state index contributed by atoms with van der Waals surface area (Å²) >= 11 is 5.56. The van der Waals surface area contributed by atoms with Gasteiger partial charge in [-0.15, -0.1) is 0 Å². The van der Waals surface area contributed by atoms with Gasteiger partial charge in [0, 0.05) is 5.56 Å². The normalized spacial score (nSPS) is 12.2. The maximum absolute atomic E-state index is 13.3. The number of ether oxygens (including phenoxy) is 1. The number of halogens is 2. The van der Waals surface area contributed by atoms with E-state index >= 15 is 0 Å². The highest BCUT2D eigenvalue weighted by Crippen LogP contribution is 2.40. The maximum Gasteiger partial charge on any atom is 0.310 e. The Morgan fingerprint density at radius 3 is 2.62 bits per heavy atom. The first-order valence-corrected chi connectivity index (χ1v) is 4.75. The third-order valence-corrected chi connectivity index (χ3v) is 2.50. The van der Waals surface area contributed by atoms with Gasteiger partial charge in [0.25, 0.3) is 0 Å². The fourth-order valence-electron chi connectivity index (χ4n) is 1.26. The van der Waals surface area contributed by atoms with Gasteiger partial charge >= 0.3 is 5.97 Å². The Morgan fingerprint density at radius 1 is 1.62 bits per heavy atom. The van der Waals surface area contributed by atoms with Gasteiger partial charge in [0.15, 0.2) is 17.3 Å². The van der Waals surface area contributed by atoms with Crippen molar-refractivity contribution in [2.24, 2.45) is 0 Å². The number of carbonyl (C=O) groups is 1. The lowest BCUT2D eigenvalue weighted by Crippen LogP contribution is -2.08. The first-order chi connectivity index (χ1) is 7.40. The molecule has 1 unspecified atom stereocenters. The number of carboxylic acids is 1. The van der Waals surface area contributed by atoms with Crippen molar-refractivity contribution in [3.63, 3.8) is 0 Å². The molecule has 4 nitrogen and oxygen atoms in total. The second kappa shape index (κ2) is 4.57. The molecular weight excluding hydrogens is 239 g/mol. The van der Waals surface area contributed by atoms with Crippen LogP contribution in [0.3, 0.4) is 0 Å². The van der Waals surface area contributed by atoms with Crippen molar-refractivity contribution in [1.82, 2.24) is 0 Å². The predicted octanol–water partition coefficient (Wildman–Crippen LogP) is 2.38. The van der Waals surface area contributed by atoms with Crippen LogP contribution in [0.5, 0.6) is 11.5 Å². The number of hydrogen-bond donors (Lipinski definition) is 2. The summed E-state index contributed by atoms with van der Waals surface area (Å²) < 4.78 is 18.0. The largest absolute Gasteiger partial charge is 0.504 e. The Labute approximate surface area is 96.2 Å². The quantitative estimate of drug-likeness (QED) is 0.862. The van der Waals surface area contributed by atoms with Crippen molar-refractivity contribution in [3.8, 4) is 11.5 Å². The summed E-state index contributed by atoms with van der Waals surface area (Å²) in [7, 11) is 1.16. The van der Waals surface area contributed by atoms with Gasteiger partial charge < -0.3 is 14.9 Å². The van der Waals surface area contributed by atoms with E-state index in [4.69, 9.17) is 16.7 Å². The molecule has 0 saturated carbocycles. The molecule has 1 aromatic carbocycles. The van der Waals surface area contributed by atoms with Gasteiger partial charge in [0.2, 0.25) is 0 Å². The molecule has 0 aliphatic heterocycles. The molecule has 0 aliphatic carbocycles. The van der Waals surface area contributed by atoms with Crippen molar-refractivity contribution in [1.29, 1.82) is 0 Å². The number of aromatic hydroxyl groups is 1. The molecule has 0 saturated heterocycles. The highest BCUT2D eigenvalue weighted by atomic mass is 35.5. The molecule has 88 valence electrons. The molecule has 0 aliphatic rings. The summed E-state index contributed by atoms with van der Waals surface area (Å²) in [5, 5.41) is 18.1. The molecule has 0 spiro atoms. The molecule has 1 rings (SSSR count). The Kier molecular flexibility index (Phi) is 3.59. The smallest absolute Gasteiger partial charge is 0.310 e. The Morgan fingerprint density at radius 2 is 2.19 bits per heavy atom. The molecule has 2 N–H and O–H groups in total. The lowest BCUT2D eigenvalue weighted by Gasteiger charge is -2.13. The molecule has 6 heteroatoms. The zero-order valence-electron chi connectivity index (χ0n) is 8.62. The number of methoxy groups -OCH3 is 1. The van der Waals surface area contributed by atoms with Crippen molar-refractivity contribution < 1.29 is 24.1 Å². The van der Waals surface area contributed by atoms with Gasteiger partial charge in [0.05, 0.1) is 18.1 Å². The topological polar surface area (TPSA) is 66.8 Å². The van der Waals surface area contributed by atoms with Crippen LogP contribution in [-0.4, -0.2) is 23.3 Å². The maximum atomic E-state index is 13.3. The van der Waals surface area contributed by atoms with Crippen molar-refractivity contribution in [2.75, 3.05) is 7.11 Å². The van der Waals surface area contributed by atoms with Crippen LogP contribution in [0.15, 0.2) is 6.07 Å². The summed E-state index contributed by atoms with van der Waals surface area (Å²) in [5.41, 5.74) is 0.00995.